The summed E-state index contributed by atoms with van der Waals surface area (Å²) in [4.78, 5) is 17.2. The molecule has 2 saturated heterocycles. The van der Waals surface area contributed by atoms with Gasteiger partial charge in [0.2, 0.25) is 15.9 Å². The summed E-state index contributed by atoms with van der Waals surface area (Å²) in [5, 5.41) is 3.24. The lowest BCUT2D eigenvalue weighted by atomic mass is 9.98. The molecule has 3 rings (SSSR count). The van der Waals surface area contributed by atoms with Gasteiger partial charge in [-0.05, 0) is 38.8 Å². The van der Waals surface area contributed by atoms with E-state index in [4.69, 9.17) is 0 Å². The van der Waals surface area contributed by atoms with Crippen LogP contribution < -0.4 is 5.32 Å². The van der Waals surface area contributed by atoms with Crippen LogP contribution in [-0.4, -0.2) is 86.3 Å². The van der Waals surface area contributed by atoms with E-state index in [1.165, 1.54) is 10.7 Å². The molecule has 0 bridgehead atoms. The van der Waals surface area contributed by atoms with Crippen molar-refractivity contribution in [2.24, 2.45) is 0 Å². The van der Waals surface area contributed by atoms with Crippen molar-refractivity contribution < 1.29 is 13.2 Å². The maximum Gasteiger partial charge on any atom is 0.243 e. The van der Waals surface area contributed by atoms with Gasteiger partial charge in [-0.3, -0.25) is 9.69 Å². The van der Waals surface area contributed by atoms with Crippen molar-refractivity contribution in [2.75, 3.05) is 45.8 Å². The van der Waals surface area contributed by atoms with E-state index >= 15 is 0 Å². The molecule has 8 heteroatoms. The molecule has 1 aromatic rings. The van der Waals surface area contributed by atoms with Gasteiger partial charge in [0, 0.05) is 64.3 Å². The summed E-state index contributed by atoms with van der Waals surface area (Å²) in [5.74, 6) is 0.0319. The first kappa shape index (κ1) is 23.2. The smallest absolute Gasteiger partial charge is 0.243 e. The highest BCUT2D eigenvalue weighted by molar-refractivity contribution is 7.89. The quantitative estimate of drug-likeness (QED) is 0.672. The number of sulfonamides is 1. The van der Waals surface area contributed by atoms with Gasteiger partial charge in [-0.2, -0.15) is 4.31 Å². The van der Waals surface area contributed by atoms with E-state index in [0.717, 1.165) is 25.9 Å². The van der Waals surface area contributed by atoms with Crippen LogP contribution in [0.15, 0.2) is 35.2 Å². The predicted octanol–water partition coefficient (Wildman–Crippen LogP) is 1.76. The van der Waals surface area contributed by atoms with Gasteiger partial charge >= 0.3 is 0 Å². The van der Waals surface area contributed by atoms with Gasteiger partial charge in [0.25, 0.3) is 0 Å². The van der Waals surface area contributed by atoms with Gasteiger partial charge in [-0.25, -0.2) is 8.42 Å². The first-order valence-corrected chi connectivity index (χ1v) is 12.6. The fourth-order valence-corrected chi connectivity index (χ4v) is 5.98. The fourth-order valence-electron chi connectivity index (χ4n) is 4.53. The van der Waals surface area contributed by atoms with Crippen molar-refractivity contribution in [3.05, 3.63) is 30.3 Å². The maximum absolute atomic E-state index is 13.3. The van der Waals surface area contributed by atoms with Gasteiger partial charge in [-0.1, -0.05) is 24.6 Å². The Morgan fingerprint density at radius 1 is 1.07 bits per heavy atom. The van der Waals surface area contributed by atoms with Crippen LogP contribution >= 0.6 is 0 Å². The fraction of sp³-hybridized carbons (Fsp3) is 0.682. The molecule has 168 valence electrons. The summed E-state index contributed by atoms with van der Waals surface area (Å²) in [6.07, 6.45) is 3.75. The molecule has 1 N–H and O–H groups in total. The van der Waals surface area contributed by atoms with Crippen molar-refractivity contribution >= 4 is 15.9 Å². The van der Waals surface area contributed by atoms with Gasteiger partial charge in [0.15, 0.2) is 0 Å². The summed E-state index contributed by atoms with van der Waals surface area (Å²) in [7, 11) is -3.64. The molecule has 2 fully saturated rings. The average molecular weight is 437 g/mol. The van der Waals surface area contributed by atoms with E-state index in [1.807, 2.05) is 11.0 Å². The Balaban J connectivity index is 1.70. The third-order valence-electron chi connectivity index (χ3n) is 6.41. The van der Waals surface area contributed by atoms with Crippen molar-refractivity contribution in [3.63, 3.8) is 0 Å². The zero-order valence-corrected chi connectivity index (χ0v) is 19.1. The zero-order chi connectivity index (χ0) is 21.6. The van der Waals surface area contributed by atoms with Crippen LogP contribution in [0, 0.1) is 0 Å². The topological polar surface area (TPSA) is 73.0 Å². The monoisotopic (exact) mass is 436 g/mol. The number of amides is 1. The van der Waals surface area contributed by atoms with Crippen molar-refractivity contribution in [1.29, 1.82) is 0 Å². The van der Waals surface area contributed by atoms with E-state index in [-0.39, 0.29) is 18.9 Å². The van der Waals surface area contributed by atoms with Crippen LogP contribution in [0.1, 0.15) is 39.5 Å². The summed E-state index contributed by atoms with van der Waals surface area (Å²) in [6.45, 7) is 8.72. The lowest BCUT2D eigenvalue weighted by Gasteiger charge is -2.40. The number of piperidine rings is 1. The standard InChI is InChI=1S/C22H36N4O3S/c1-19-7-6-8-20(2)26(19)18-17-25(30(28,29)21-9-4-3-5-10-21)14-11-22(27)24-15-12-23-13-16-24/h3-5,9-10,19-20,23H,6-8,11-18H2,1-2H3/t19-,20+. The second-order valence-electron chi connectivity index (χ2n) is 8.46. The summed E-state index contributed by atoms with van der Waals surface area (Å²) < 4.78 is 28.2. The van der Waals surface area contributed by atoms with Crippen LogP contribution in [0.4, 0.5) is 0 Å². The first-order chi connectivity index (χ1) is 14.4. The molecule has 0 aromatic heterocycles. The number of nitrogens with one attached hydrogen (secondary N) is 1. The normalized spacial score (nSPS) is 23.6. The Bertz CT molecular complexity index is 771. The van der Waals surface area contributed by atoms with Gasteiger partial charge < -0.3 is 10.2 Å². The second kappa shape index (κ2) is 10.7. The van der Waals surface area contributed by atoms with E-state index < -0.39 is 10.0 Å². The van der Waals surface area contributed by atoms with Gasteiger partial charge in [0.05, 0.1) is 4.90 Å². The molecule has 0 radical (unpaired) electrons. The molecular weight excluding hydrogens is 400 g/mol. The van der Waals surface area contributed by atoms with Crippen LogP contribution in [-0.2, 0) is 14.8 Å². The van der Waals surface area contributed by atoms with E-state index in [2.05, 4.69) is 24.1 Å². The van der Waals surface area contributed by atoms with Gasteiger partial charge in [-0.15, -0.1) is 0 Å². The number of carbonyl (C=O) groups is 1. The van der Waals surface area contributed by atoms with Gasteiger partial charge in [0.1, 0.15) is 0 Å². The lowest BCUT2D eigenvalue weighted by molar-refractivity contribution is -0.131. The molecule has 2 heterocycles. The van der Waals surface area contributed by atoms with Crippen molar-refractivity contribution in [1.82, 2.24) is 19.4 Å². The highest BCUT2D eigenvalue weighted by atomic mass is 32.2. The highest BCUT2D eigenvalue weighted by Gasteiger charge is 2.29. The second-order valence-corrected chi connectivity index (χ2v) is 10.4. The number of hydrogen-bond acceptors (Lipinski definition) is 5. The highest BCUT2D eigenvalue weighted by Crippen LogP contribution is 2.23. The number of nitrogens with zero attached hydrogens (tertiary/aromatic N) is 3. The van der Waals surface area contributed by atoms with E-state index in [1.54, 1.807) is 24.3 Å². The SMILES string of the molecule is C[C@@H]1CCC[C@H](C)N1CCN(CCC(=O)N1CCNCC1)S(=O)(=O)c1ccccc1. The molecule has 2 aliphatic heterocycles. The Morgan fingerprint density at radius 2 is 1.70 bits per heavy atom. The molecule has 1 amide bonds. The molecule has 0 saturated carbocycles. The first-order valence-electron chi connectivity index (χ1n) is 11.2. The number of benzene rings is 1. The minimum atomic E-state index is -3.64. The molecule has 0 unspecified atom stereocenters. The van der Waals surface area contributed by atoms with Crippen LogP contribution in [0.2, 0.25) is 0 Å². The molecule has 1 aromatic carbocycles. The number of likely N-dealkylation sites (tertiary alicyclic amines) is 1. The minimum absolute atomic E-state index is 0.0319. The Morgan fingerprint density at radius 3 is 2.33 bits per heavy atom. The molecule has 7 nitrogen and oxygen atoms in total. The largest absolute Gasteiger partial charge is 0.340 e. The summed E-state index contributed by atoms with van der Waals surface area (Å²) >= 11 is 0. The number of carbonyl (C=O) groups excluding carboxylic acids is 1. The molecule has 0 aliphatic carbocycles. The molecule has 0 spiro atoms. The number of rotatable bonds is 8. The Labute approximate surface area is 181 Å². The Hall–Kier alpha value is -1.48. The van der Waals surface area contributed by atoms with E-state index in [9.17, 15) is 13.2 Å². The molecular formula is C22H36N4O3S. The average Bonchev–Trinajstić information content (AvgIpc) is 2.76. The third kappa shape index (κ3) is 5.81. The minimum Gasteiger partial charge on any atom is -0.340 e. The summed E-state index contributed by atoms with van der Waals surface area (Å²) in [6, 6.07) is 9.47. The van der Waals surface area contributed by atoms with Crippen LogP contribution in [0.25, 0.3) is 0 Å². The van der Waals surface area contributed by atoms with Crippen LogP contribution in [0.5, 0.6) is 0 Å². The Kier molecular flexibility index (Phi) is 8.27. The lowest BCUT2D eigenvalue weighted by Crippen LogP contribution is -2.49. The molecule has 2 aliphatic rings. The summed E-state index contributed by atoms with van der Waals surface area (Å²) in [5.41, 5.74) is 0. The predicted molar refractivity (Wildman–Crippen MR) is 119 cm³/mol. The third-order valence-corrected chi connectivity index (χ3v) is 8.32. The van der Waals surface area contributed by atoms with Crippen molar-refractivity contribution in [2.45, 2.75) is 56.5 Å². The number of piperazine rings is 1. The van der Waals surface area contributed by atoms with E-state index in [0.29, 0.717) is 43.2 Å². The molecule has 2 atom stereocenters. The number of hydrogen-bond donors (Lipinski definition) is 1. The maximum atomic E-state index is 13.3. The van der Waals surface area contributed by atoms with Crippen molar-refractivity contribution in [3.8, 4) is 0 Å². The molecule has 30 heavy (non-hydrogen) atoms. The zero-order valence-electron chi connectivity index (χ0n) is 18.3. The van der Waals surface area contributed by atoms with Crippen LogP contribution in [0.3, 0.4) is 0 Å².